The average Bonchev–Trinajstić information content (AvgIpc) is 2.55. The summed E-state index contributed by atoms with van der Waals surface area (Å²) in [7, 11) is -4.08. The summed E-state index contributed by atoms with van der Waals surface area (Å²) in [4.78, 5) is 12.4. The fraction of sp³-hybridized carbons (Fsp3) is 0.611. The summed E-state index contributed by atoms with van der Waals surface area (Å²) in [6.07, 6.45) is -0.845. The minimum atomic E-state index is -4.64. The molecule has 1 aromatic rings. The molecule has 0 spiro atoms. The van der Waals surface area contributed by atoms with Gasteiger partial charge >= 0.3 is 6.18 Å². The Morgan fingerprint density at radius 1 is 1.23 bits per heavy atom. The van der Waals surface area contributed by atoms with Crippen molar-refractivity contribution in [2.75, 3.05) is 0 Å². The minimum absolute atomic E-state index is 0.0867. The van der Waals surface area contributed by atoms with E-state index in [0.29, 0.717) is 0 Å². The summed E-state index contributed by atoms with van der Waals surface area (Å²) >= 11 is 0. The number of nitrogens with one attached hydrogen (secondary N) is 1. The molecule has 0 aliphatic heterocycles. The lowest BCUT2D eigenvalue weighted by atomic mass is 9.86. The Bertz CT molecular complexity index is 746. The van der Waals surface area contributed by atoms with E-state index in [1.807, 2.05) is 6.92 Å². The monoisotopic (exact) mass is 391 g/mol. The maximum Gasteiger partial charge on any atom is 0.416 e. The number of amides is 1. The molecule has 1 fully saturated rings. The van der Waals surface area contributed by atoms with Gasteiger partial charge in [-0.25, -0.2) is 8.42 Å². The van der Waals surface area contributed by atoms with E-state index in [2.05, 4.69) is 5.32 Å². The van der Waals surface area contributed by atoms with Gasteiger partial charge in [-0.1, -0.05) is 38.0 Å². The van der Waals surface area contributed by atoms with Crippen LogP contribution in [0.4, 0.5) is 13.2 Å². The summed E-state index contributed by atoms with van der Waals surface area (Å²) in [6.45, 7) is 3.23. The first kappa shape index (κ1) is 20.7. The summed E-state index contributed by atoms with van der Waals surface area (Å²) in [5.74, 6) is -1.21. The largest absolute Gasteiger partial charge is 0.416 e. The van der Waals surface area contributed by atoms with Gasteiger partial charge in [0.15, 0.2) is 9.84 Å². The van der Waals surface area contributed by atoms with Crippen LogP contribution in [0.3, 0.4) is 0 Å². The van der Waals surface area contributed by atoms with E-state index in [4.69, 9.17) is 0 Å². The summed E-state index contributed by atoms with van der Waals surface area (Å²) < 4.78 is 64.2. The molecule has 3 unspecified atom stereocenters. The van der Waals surface area contributed by atoms with Crippen molar-refractivity contribution in [3.05, 3.63) is 35.4 Å². The third-order valence-corrected chi connectivity index (χ3v) is 7.03. The molecule has 1 saturated carbocycles. The molecule has 1 aromatic carbocycles. The van der Waals surface area contributed by atoms with Crippen LogP contribution in [0.5, 0.6) is 0 Å². The van der Waals surface area contributed by atoms with Gasteiger partial charge in [0.1, 0.15) is 5.25 Å². The van der Waals surface area contributed by atoms with Gasteiger partial charge in [-0.15, -0.1) is 0 Å². The van der Waals surface area contributed by atoms with Crippen molar-refractivity contribution >= 4 is 15.7 Å². The van der Waals surface area contributed by atoms with Crippen molar-refractivity contribution in [3.63, 3.8) is 0 Å². The fourth-order valence-electron chi connectivity index (χ4n) is 3.26. The molecule has 3 atom stereocenters. The number of hydrogen-bond donors (Lipinski definition) is 1. The second-order valence-electron chi connectivity index (χ2n) is 6.98. The molecule has 0 heterocycles. The number of carbonyl (C=O) groups is 1. The highest BCUT2D eigenvalue weighted by Gasteiger charge is 2.36. The zero-order valence-electron chi connectivity index (χ0n) is 14.8. The second kappa shape index (κ2) is 7.98. The third-order valence-electron chi connectivity index (χ3n) is 5.03. The zero-order valence-corrected chi connectivity index (χ0v) is 15.7. The highest BCUT2D eigenvalue weighted by atomic mass is 32.2. The van der Waals surface area contributed by atoms with E-state index >= 15 is 0 Å². The van der Waals surface area contributed by atoms with Gasteiger partial charge in [0.05, 0.1) is 11.3 Å². The predicted octanol–water partition coefficient (Wildman–Crippen LogP) is 3.70. The minimum Gasteiger partial charge on any atom is -0.352 e. The number of alkyl halides is 3. The first-order valence-corrected chi connectivity index (χ1v) is 10.4. The lowest BCUT2D eigenvalue weighted by molar-refractivity contribution is -0.138. The fourth-order valence-corrected chi connectivity index (χ4v) is 4.59. The van der Waals surface area contributed by atoms with Crippen LogP contribution in [-0.2, 0) is 26.6 Å². The van der Waals surface area contributed by atoms with Gasteiger partial charge in [-0.3, -0.25) is 4.79 Å². The van der Waals surface area contributed by atoms with E-state index in [1.165, 1.54) is 19.1 Å². The highest BCUT2D eigenvalue weighted by Crippen LogP contribution is 2.33. The van der Waals surface area contributed by atoms with Gasteiger partial charge in [0.25, 0.3) is 0 Å². The normalized spacial score (nSPS) is 22.7. The lowest BCUT2D eigenvalue weighted by Crippen LogP contribution is -2.47. The lowest BCUT2D eigenvalue weighted by Gasteiger charge is -2.30. The van der Waals surface area contributed by atoms with Crippen LogP contribution in [0, 0.1) is 5.92 Å². The number of benzene rings is 1. The van der Waals surface area contributed by atoms with E-state index in [0.717, 1.165) is 37.8 Å². The van der Waals surface area contributed by atoms with Crippen LogP contribution in [0.15, 0.2) is 24.3 Å². The van der Waals surface area contributed by atoms with Gasteiger partial charge in [-0.05, 0) is 37.3 Å². The molecule has 0 bridgehead atoms. The second-order valence-corrected chi connectivity index (χ2v) is 9.30. The van der Waals surface area contributed by atoms with E-state index < -0.39 is 38.5 Å². The number of rotatable bonds is 5. The summed E-state index contributed by atoms with van der Waals surface area (Å²) in [6, 6.07) is 4.46. The molecule has 1 aliphatic carbocycles. The molecule has 0 radical (unpaired) electrons. The molecule has 26 heavy (non-hydrogen) atoms. The Morgan fingerprint density at radius 2 is 1.85 bits per heavy atom. The van der Waals surface area contributed by atoms with Crippen LogP contribution in [-0.4, -0.2) is 25.6 Å². The SMILES string of the molecule is CC1CCCCC1NC(=O)C(C)S(=O)(=O)Cc1ccccc1C(F)(F)F. The quantitative estimate of drug-likeness (QED) is 0.832. The number of halogens is 3. The maximum atomic E-state index is 13.1. The third kappa shape index (κ3) is 4.99. The van der Waals surface area contributed by atoms with Crippen molar-refractivity contribution in [2.45, 2.75) is 62.8 Å². The molecule has 1 aliphatic rings. The molecule has 1 N–H and O–H groups in total. The van der Waals surface area contributed by atoms with Crippen molar-refractivity contribution in [1.82, 2.24) is 5.32 Å². The van der Waals surface area contributed by atoms with Crippen LogP contribution in [0.2, 0.25) is 0 Å². The van der Waals surface area contributed by atoms with Crippen molar-refractivity contribution in [2.24, 2.45) is 5.92 Å². The predicted molar refractivity (Wildman–Crippen MR) is 93.1 cm³/mol. The van der Waals surface area contributed by atoms with Crippen molar-refractivity contribution < 1.29 is 26.4 Å². The van der Waals surface area contributed by atoms with Crippen LogP contribution in [0.1, 0.15) is 50.7 Å². The summed E-state index contributed by atoms with van der Waals surface area (Å²) in [5.41, 5.74) is -1.33. The molecule has 2 rings (SSSR count). The molecule has 4 nitrogen and oxygen atoms in total. The van der Waals surface area contributed by atoms with E-state index in [9.17, 15) is 26.4 Å². The van der Waals surface area contributed by atoms with Crippen LogP contribution < -0.4 is 5.32 Å². The van der Waals surface area contributed by atoms with Crippen LogP contribution >= 0.6 is 0 Å². The summed E-state index contributed by atoms with van der Waals surface area (Å²) in [5, 5.41) is 1.36. The first-order valence-electron chi connectivity index (χ1n) is 8.69. The molecule has 0 saturated heterocycles. The topological polar surface area (TPSA) is 63.2 Å². The highest BCUT2D eigenvalue weighted by molar-refractivity contribution is 7.92. The van der Waals surface area contributed by atoms with Gasteiger partial charge < -0.3 is 5.32 Å². The van der Waals surface area contributed by atoms with E-state index in [1.54, 1.807) is 0 Å². The Labute approximate surface area is 152 Å². The zero-order chi connectivity index (χ0) is 19.5. The van der Waals surface area contributed by atoms with Crippen molar-refractivity contribution in [3.8, 4) is 0 Å². The van der Waals surface area contributed by atoms with Gasteiger partial charge in [0, 0.05) is 6.04 Å². The number of hydrogen-bond acceptors (Lipinski definition) is 3. The smallest absolute Gasteiger partial charge is 0.352 e. The molecule has 0 aromatic heterocycles. The average molecular weight is 391 g/mol. The van der Waals surface area contributed by atoms with Crippen LogP contribution in [0.25, 0.3) is 0 Å². The Kier molecular flexibility index (Phi) is 6.37. The molecule has 146 valence electrons. The molecular formula is C18H24F3NO3S. The number of carbonyl (C=O) groups excluding carboxylic acids is 1. The Hall–Kier alpha value is -1.57. The standard InChI is InChI=1S/C18H24F3NO3S/c1-12-7-3-6-10-16(12)22-17(23)13(2)26(24,25)11-14-8-4-5-9-15(14)18(19,20)21/h4-5,8-9,12-13,16H,3,6-7,10-11H2,1-2H3,(H,22,23). The first-order chi connectivity index (χ1) is 12.0. The molecule has 8 heteroatoms. The Morgan fingerprint density at radius 3 is 2.46 bits per heavy atom. The van der Waals surface area contributed by atoms with E-state index in [-0.39, 0.29) is 17.5 Å². The maximum absolute atomic E-state index is 13.1. The van der Waals surface area contributed by atoms with Gasteiger partial charge in [-0.2, -0.15) is 13.2 Å². The Balaban J connectivity index is 2.13. The van der Waals surface area contributed by atoms with Crippen molar-refractivity contribution in [1.29, 1.82) is 0 Å². The molecule has 1 amide bonds. The number of sulfone groups is 1. The van der Waals surface area contributed by atoms with Gasteiger partial charge in [0.2, 0.25) is 5.91 Å². The molecular weight excluding hydrogens is 367 g/mol.